The predicted molar refractivity (Wildman–Crippen MR) is 98.2 cm³/mol. The number of aliphatic carboxylic acids is 1. The Balaban J connectivity index is 2.01. The summed E-state index contributed by atoms with van der Waals surface area (Å²) < 4.78 is 0. The van der Waals surface area contributed by atoms with Gasteiger partial charge in [0.15, 0.2) is 0 Å². The molecule has 3 N–H and O–H groups in total. The number of likely N-dealkylation sites (N-methyl/N-ethyl adjacent to an activating group) is 1. The van der Waals surface area contributed by atoms with Gasteiger partial charge in [-0.05, 0) is 43.4 Å². The van der Waals surface area contributed by atoms with Gasteiger partial charge in [-0.1, -0.05) is 50.4 Å². The summed E-state index contributed by atoms with van der Waals surface area (Å²) in [5.74, 6) is -0.890. The Morgan fingerprint density at radius 1 is 1.33 bits per heavy atom. The summed E-state index contributed by atoms with van der Waals surface area (Å²) in [4.78, 5) is 14.1. The molecule has 0 amide bonds. The lowest BCUT2D eigenvalue weighted by molar-refractivity contribution is -0.144. The molecule has 2 radical (unpaired) electrons. The second kappa shape index (κ2) is 8.68. The number of unbranched alkanes of at least 4 members (excludes halogenated alkanes) is 1. The van der Waals surface area contributed by atoms with E-state index in [9.17, 15) is 9.90 Å². The van der Waals surface area contributed by atoms with E-state index < -0.39 is 11.5 Å². The van der Waals surface area contributed by atoms with Crippen LogP contribution in [0.15, 0.2) is 24.3 Å². The Morgan fingerprint density at radius 3 is 2.67 bits per heavy atom. The van der Waals surface area contributed by atoms with E-state index in [2.05, 4.69) is 36.1 Å². The third-order valence-corrected chi connectivity index (χ3v) is 5.30. The number of rotatable bonds is 9. The van der Waals surface area contributed by atoms with Gasteiger partial charge in [0.1, 0.15) is 5.54 Å². The Hall–Kier alpha value is -1.33. The number of nitrogens with two attached hydrogens (primary N) is 1. The summed E-state index contributed by atoms with van der Waals surface area (Å²) in [5.41, 5.74) is 7.86. The molecule has 1 heterocycles. The van der Waals surface area contributed by atoms with E-state index in [1.807, 2.05) is 0 Å². The van der Waals surface area contributed by atoms with Crippen molar-refractivity contribution in [2.45, 2.75) is 69.9 Å². The van der Waals surface area contributed by atoms with Crippen molar-refractivity contribution in [3.05, 3.63) is 35.4 Å². The molecular weight excluding hydrogens is 299 g/mol. The molecule has 2 unspecified atom stereocenters. The van der Waals surface area contributed by atoms with Gasteiger partial charge >= 0.3 is 5.97 Å². The molecule has 0 saturated carbocycles. The Morgan fingerprint density at radius 2 is 2.04 bits per heavy atom. The van der Waals surface area contributed by atoms with Gasteiger partial charge < -0.3 is 10.8 Å². The van der Waals surface area contributed by atoms with Crippen LogP contribution in [0, 0.1) is 0 Å². The van der Waals surface area contributed by atoms with E-state index in [4.69, 9.17) is 13.6 Å². The number of benzene rings is 1. The third-order valence-electron chi connectivity index (χ3n) is 5.30. The van der Waals surface area contributed by atoms with Gasteiger partial charge in [0.05, 0.1) is 7.85 Å². The van der Waals surface area contributed by atoms with Gasteiger partial charge in [-0.2, -0.15) is 0 Å². The number of hydrogen-bond donors (Lipinski definition) is 2. The number of carbonyl (C=O) groups is 1. The summed E-state index contributed by atoms with van der Waals surface area (Å²) in [6, 6.07) is 8.89. The molecule has 1 aromatic carbocycles. The molecule has 0 fully saturated rings. The smallest absolute Gasteiger partial charge is 0.323 e. The van der Waals surface area contributed by atoms with Crippen LogP contribution in [-0.4, -0.2) is 41.9 Å². The number of fused-ring (bicyclic) bond motifs is 1. The molecule has 0 spiro atoms. The van der Waals surface area contributed by atoms with Crippen LogP contribution in [0.3, 0.4) is 0 Å². The molecule has 0 aliphatic carbocycles. The van der Waals surface area contributed by atoms with Crippen molar-refractivity contribution < 1.29 is 9.90 Å². The average molecular weight is 328 g/mol. The van der Waals surface area contributed by atoms with E-state index >= 15 is 0 Å². The maximum atomic E-state index is 11.7. The average Bonchev–Trinajstić information content (AvgIpc) is 2.59. The highest BCUT2D eigenvalue weighted by Gasteiger charge is 2.35. The summed E-state index contributed by atoms with van der Waals surface area (Å²) in [6.07, 6.45) is 4.97. The fraction of sp³-hybridized carbons (Fsp3) is 0.632. The van der Waals surface area contributed by atoms with E-state index in [1.165, 1.54) is 11.1 Å². The van der Waals surface area contributed by atoms with Gasteiger partial charge in [0.2, 0.25) is 0 Å². The number of nitrogens with zero attached hydrogens (tertiary/aromatic N) is 1. The van der Waals surface area contributed by atoms with Gasteiger partial charge in [0.25, 0.3) is 0 Å². The lowest BCUT2D eigenvalue weighted by Gasteiger charge is -2.38. The normalized spacial score (nSPS) is 20.3. The predicted octanol–water partition coefficient (Wildman–Crippen LogP) is 2.75. The van der Waals surface area contributed by atoms with Crippen LogP contribution in [0.25, 0.3) is 0 Å². The highest BCUT2D eigenvalue weighted by molar-refractivity contribution is 6.08. The van der Waals surface area contributed by atoms with Crippen LogP contribution in [0.2, 0.25) is 6.32 Å². The molecule has 0 saturated heterocycles. The van der Waals surface area contributed by atoms with Crippen molar-refractivity contribution >= 4 is 13.8 Å². The first-order chi connectivity index (χ1) is 11.5. The zero-order valence-electron chi connectivity index (χ0n) is 14.7. The highest BCUT2D eigenvalue weighted by Crippen LogP contribution is 2.28. The van der Waals surface area contributed by atoms with Crippen molar-refractivity contribution in [1.29, 1.82) is 0 Å². The standard InChI is InChI=1S/C19H29BN2O2/c1-2-22-14-16-8-4-3-7-15(16)13-17(22)9-11-19(21,18(23)24)10-5-6-12-20/h3-4,7-8,17H,2,5-6,9-14,21H2,1H3,(H,23,24). The fourth-order valence-electron chi connectivity index (χ4n) is 3.64. The van der Waals surface area contributed by atoms with Crippen molar-refractivity contribution in [3.63, 3.8) is 0 Å². The first kappa shape index (κ1) is 19.0. The summed E-state index contributed by atoms with van der Waals surface area (Å²) in [6.45, 7) is 4.07. The van der Waals surface area contributed by atoms with Crippen LogP contribution in [-0.2, 0) is 17.8 Å². The third kappa shape index (κ3) is 4.61. The van der Waals surface area contributed by atoms with E-state index in [0.29, 0.717) is 25.2 Å². The molecular formula is C19H29BN2O2. The summed E-state index contributed by atoms with van der Waals surface area (Å²) >= 11 is 0. The highest BCUT2D eigenvalue weighted by atomic mass is 16.4. The first-order valence-corrected chi connectivity index (χ1v) is 9.03. The Labute approximate surface area is 146 Å². The molecule has 24 heavy (non-hydrogen) atoms. The molecule has 2 atom stereocenters. The number of hydrogen-bond acceptors (Lipinski definition) is 3. The Bertz CT molecular complexity index is 552. The van der Waals surface area contributed by atoms with E-state index in [-0.39, 0.29) is 0 Å². The molecule has 5 heteroatoms. The lowest BCUT2D eigenvalue weighted by Crippen LogP contribution is -2.50. The monoisotopic (exact) mass is 328 g/mol. The number of carboxylic acids is 1. The first-order valence-electron chi connectivity index (χ1n) is 9.03. The maximum absolute atomic E-state index is 11.7. The minimum absolute atomic E-state index is 0.363. The van der Waals surface area contributed by atoms with Crippen molar-refractivity contribution in [2.24, 2.45) is 5.73 Å². The quantitative estimate of drug-likeness (QED) is 0.540. The fourth-order valence-corrected chi connectivity index (χ4v) is 3.64. The van der Waals surface area contributed by atoms with Crippen LogP contribution in [0.4, 0.5) is 0 Å². The molecule has 1 aliphatic rings. The molecule has 0 aromatic heterocycles. The van der Waals surface area contributed by atoms with Gasteiger partial charge in [0, 0.05) is 12.6 Å². The zero-order chi connectivity index (χ0) is 17.6. The molecule has 4 nitrogen and oxygen atoms in total. The maximum Gasteiger partial charge on any atom is 0.323 e. The van der Waals surface area contributed by atoms with Gasteiger partial charge in [-0.3, -0.25) is 9.69 Å². The largest absolute Gasteiger partial charge is 0.480 e. The van der Waals surface area contributed by atoms with Crippen molar-refractivity contribution in [3.8, 4) is 0 Å². The van der Waals surface area contributed by atoms with Gasteiger partial charge in [-0.25, -0.2) is 0 Å². The van der Waals surface area contributed by atoms with Crippen LogP contribution < -0.4 is 5.73 Å². The summed E-state index contributed by atoms with van der Waals surface area (Å²) in [5, 5.41) is 9.57. The van der Waals surface area contributed by atoms with Crippen LogP contribution in [0.5, 0.6) is 0 Å². The minimum Gasteiger partial charge on any atom is -0.480 e. The molecule has 2 rings (SSSR count). The van der Waals surface area contributed by atoms with Crippen molar-refractivity contribution in [2.75, 3.05) is 6.54 Å². The topological polar surface area (TPSA) is 66.6 Å². The SMILES string of the molecule is [B]CCCCC(N)(CCC1Cc2ccccc2CN1CC)C(=O)O. The summed E-state index contributed by atoms with van der Waals surface area (Å²) in [7, 11) is 5.51. The van der Waals surface area contributed by atoms with Crippen LogP contribution in [0.1, 0.15) is 50.2 Å². The molecule has 130 valence electrons. The minimum atomic E-state index is -1.13. The second-order valence-electron chi connectivity index (χ2n) is 6.94. The number of carboxylic acid groups (broad SMARTS) is 1. The van der Waals surface area contributed by atoms with Gasteiger partial charge in [-0.15, -0.1) is 0 Å². The van der Waals surface area contributed by atoms with Crippen molar-refractivity contribution in [1.82, 2.24) is 4.90 Å². The lowest BCUT2D eigenvalue weighted by atomic mass is 9.83. The Kier molecular flexibility index (Phi) is 6.87. The second-order valence-corrected chi connectivity index (χ2v) is 6.94. The molecule has 0 bridgehead atoms. The molecule has 1 aliphatic heterocycles. The van der Waals surface area contributed by atoms with E-state index in [1.54, 1.807) is 0 Å². The molecule has 1 aromatic rings. The zero-order valence-corrected chi connectivity index (χ0v) is 14.7. The van der Waals surface area contributed by atoms with E-state index in [0.717, 1.165) is 38.8 Å². The van der Waals surface area contributed by atoms with Crippen LogP contribution >= 0.6 is 0 Å².